The SMILES string of the molecule is Cc1noc(NS(=O)(=O)c2ccsc2C(=O)Nc2ccc3c(c2)OCO3)c1Br. The average molecular weight is 486 g/mol. The second-order valence-electron chi connectivity index (χ2n) is 5.65. The zero-order chi connectivity index (χ0) is 19.9. The molecule has 0 saturated carbocycles. The van der Waals surface area contributed by atoms with Gasteiger partial charge in [-0.25, -0.2) is 13.1 Å². The molecule has 9 nitrogen and oxygen atoms in total. The lowest BCUT2D eigenvalue weighted by Crippen LogP contribution is -2.18. The minimum absolute atomic E-state index is 0.0255. The molecule has 0 radical (unpaired) electrons. The van der Waals surface area contributed by atoms with Gasteiger partial charge in [0.05, 0.1) is 5.69 Å². The number of benzene rings is 1. The second kappa shape index (κ2) is 7.11. The van der Waals surface area contributed by atoms with Crippen molar-refractivity contribution in [3.8, 4) is 11.5 Å². The smallest absolute Gasteiger partial charge is 0.267 e. The summed E-state index contributed by atoms with van der Waals surface area (Å²) in [6.07, 6.45) is 0. The van der Waals surface area contributed by atoms with Crippen molar-refractivity contribution >= 4 is 54.8 Å². The predicted molar refractivity (Wildman–Crippen MR) is 105 cm³/mol. The highest BCUT2D eigenvalue weighted by Gasteiger charge is 2.27. The van der Waals surface area contributed by atoms with Crippen LogP contribution in [0, 0.1) is 6.92 Å². The first-order valence-electron chi connectivity index (χ1n) is 7.78. The number of nitrogens with zero attached hydrogens (tertiary/aromatic N) is 1. The Bertz CT molecular complexity index is 1170. The normalized spacial score (nSPS) is 12.8. The maximum Gasteiger partial charge on any atom is 0.267 e. The van der Waals surface area contributed by atoms with E-state index in [0.717, 1.165) is 11.3 Å². The highest BCUT2D eigenvalue weighted by molar-refractivity contribution is 9.10. The van der Waals surface area contributed by atoms with Crippen molar-refractivity contribution in [3.05, 3.63) is 44.7 Å². The van der Waals surface area contributed by atoms with Crippen molar-refractivity contribution < 1.29 is 27.2 Å². The van der Waals surface area contributed by atoms with Crippen molar-refractivity contribution in [2.24, 2.45) is 0 Å². The van der Waals surface area contributed by atoms with Crippen molar-refractivity contribution in [3.63, 3.8) is 0 Å². The van der Waals surface area contributed by atoms with E-state index in [1.54, 1.807) is 25.1 Å². The number of ether oxygens (including phenoxy) is 2. The van der Waals surface area contributed by atoms with E-state index in [9.17, 15) is 13.2 Å². The third-order valence-electron chi connectivity index (χ3n) is 3.77. The number of carbonyl (C=O) groups is 1. The molecule has 146 valence electrons. The van der Waals surface area contributed by atoms with E-state index in [2.05, 4.69) is 31.1 Å². The first-order chi connectivity index (χ1) is 13.3. The Balaban J connectivity index is 1.58. The highest BCUT2D eigenvalue weighted by Crippen LogP contribution is 2.35. The monoisotopic (exact) mass is 485 g/mol. The molecule has 0 unspecified atom stereocenters. The summed E-state index contributed by atoms with van der Waals surface area (Å²) in [6, 6.07) is 6.25. The molecule has 0 spiro atoms. The maximum absolute atomic E-state index is 12.7. The Morgan fingerprint density at radius 2 is 2.04 bits per heavy atom. The molecule has 28 heavy (non-hydrogen) atoms. The maximum atomic E-state index is 12.7. The van der Waals surface area contributed by atoms with E-state index < -0.39 is 15.9 Å². The number of anilines is 2. The van der Waals surface area contributed by atoms with Crippen LogP contribution in [0.5, 0.6) is 11.5 Å². The van der Waals surface area contributed by atoms with Gasteiger partial charge in [-0.3, -0.25) is 4.79 Å². The molecule has 0 fully saturated rings. The Labute approximate surface area is 171 Å². The topological polar surface area (TPSA) is 120 Å². The fraction of sp³-hybridized carbons (Fsp3) is 0.125. The van der Waals surface area contributed by atoms with Gasteiger partial charge < -0.3 is 19.3 Å². The van der Waals surface area contributed by atoms with Crippen molar-refractivity contribution in [2.75, 3.05) is 16.8 Å². The second-order valence-corrected chi connectivity index (χ2v) is 9.01. The number of hydrogen-bond acceptors (Lipinski definition) is 8. The zero-order valence-corrected chi connectivity index (χ0v) is 17.4. The van der Waals surface area contributed by atoms with E-state index in [1.165, 1.54) is 11.4 Å². The third-order valence-corrected chi connectivity index (χ3v) is 7.12. The molecule has 2 aromatic heterocycles. The standard InChI is InChI=1S/C16H12BrN3O6S2/c1-8-13(17)16(26-19-8)20-28(22,23)12-4-5-27-14(12)15(21)18-9-2-3-10-11(6-9)25-7-24-10/h2-6,20H,7H2,1H3,(H,18,21). The van der Waals surface area contributed by atoms with Gasteiger partial charge in [0.2, 0.25) is 6.79 Å². The number of aromatic nitrogens is 1. The van der Waals surface area contributed by atoms with Crippen LogP contribution in [0.1, 0.15) is 15.4 Å². The van der Waals surface area contributed by atoms with Gasteiger partial charge in [-0.2, -0.15) is 0 Å². The highest BCUT2D eigenvalue weighted by atomic mass is 79.9. The fourth-order valence-corrected chi connectivity index (χ4v) is 5.13. The molecule has 12 heteroatoms. The summed E-state index contributed by atoms with van der Waals surface area (Å²) in [5.41, 5.74) is 0.941. The Morgan fingerprint density at radius 1 is 1.25 bits per heavy atom. The van der Waals surface area contributed by atoms with Crippen LogP contribution in [0.3, 0.4) is 0 Å². The first-order valence-corrected chi connectivity index (χ1v) is 10.9. The number of hydrogen-bond donors (Lipinski definition) is 2. The lowest BCUT2D eigenvalue weighted by molar-refractivity contribution is 0.102. The molecule has 2 N–H and O–H groups in total. The van der Waals surface area contributed by atoms with Crippen LogP contribution in [0.2, 0.25) is 0 Å². The molecule has 0 saturated heterocycles. The summed E-state index contributed by atoms with van der Waals surface area (Å²) in [6.45, 7) is 1.77. The molecule has 1 aliphatic rings. The summed E-state index contributed by atoms with van der Waals surface area (Å²) in [4.78, 5) is 12.5. The number of thiophene rings is 1. The van der Waals surface area contributed by atoms with Crippen LogP contribution < -0.4 is 19.5 Å². The Hall–Kier alpha value is -2.57. The number of aryl methyl sites for hydroxylation is 1. The van der Waals surface area contributed by atoms with Crippen LogP contribution >= 0.6 is 27.3 Å². The van der Waals surface area contributed by atoms with Crippen molar-refractivity contribution in [1.82, 2.24) is 5.16 Å². The van der Waals surface area contributed by atoms with E-state index in [1.807, 2.05) is 0 Å². The number of fused-ring (bicyclic) bond motifs is 1. The predicted octanol–water partition coefficient (Wildman–Crippen LogP) is 3.59. The average Bonchev–Trinajstić information content (AvgIpc) is 3.38. The quantitative estimate of drug-likeness (QED) is 0.566. The number of sulfonamides is 1. The molecular weight excluding hydrogens is 474 g/mol. The molecule has 0 aliphatic carbocycles. The molecule has 0 atom stereocenters. The van der Waals surface area contributed by atoms with Gasteiger partial charge in [0, 0.05) is 11.8 Å². The Morgan fingerprint density at radius 3 is 2.79 bits per heavy atom. The van der Waals surface area contributed by atoms with E-state index in [4.69, 9.17) is 14.0 Å². The summed E-state index contributed by atoms with van der Waals surface area (Å²) >= 11 is 4.20. The summed E-state index contributed by atoms with van der Waals surface area (Å²) < 4.78 is 43.6. The largest absolute Gasteiger partial charge is 0.454 e. The van der Waals surface area contributed by atoms with Crippen LogP contribution in [-0.2, 0) is 10.0 Å². The van der Waals surface area contributed by atoms with Crippen molar-refractivity contribution in [2.45, 2.75) is 11.8 Å². The van der Waals surface area contributed by atoms with Gasteiger partial charge in [0.15, 0.2) is 11.5 Å². The van der Waals surface area contributed by atoms with Crippen LogP contribution in [-0.4, -0.2) is 26.3 Å². The molecule has 3 heterocycles. The molecule has 3 aromatic rings. The van der Waals surface area contributed by atoms with Gasteiger partial charge in [-0.1, -0.05) is 5.16 Å². The number of carbonyl (C=O) groups excluding carboxylic acids is 1. The number of rotatable bonds is 5. The zero-order valence-electron chi connectivity index (χ0n) is 14.2. The fourth-order valence-electron chi connectivity index (χ4n) is 2.44. The van der Waals surface area contributed by atoms with Gasteiger partial charge in [-0.05, 0) is 46.4 Å². The van der Waals surface area contributed by atoms with Crippen LogP contribution in [0.15, 0.2) is 43.5 Å². The molecule has 1 aliphatic heterocycles. The van der Waals surface area contributed by atoms with E-state index in [-0.39, 0.29) is 22.4 Å². The summed E-state index contributed by atoms with van der Waals surface area (Å²) in [5, 5.41) is 7.86. The molecule has 0 bridgehead atoms. The number of nitrogens with one attached hydrogen (secondary N) is 2. The van der Waals surface area contributed by atoms with Gasteiger partial charge in [0.1, 0.15) is 14.2 Å². The van der Waals surface area contributed by atoms with Crippen LogP contribution in [0.4, 0.5) is 11.6 Å². The van der Waals surface area contributed by atoms with Gasteiger partial charge >= 0.3 is 0 Å². The van der Waals surface area contributed by atoms with Gasteiger partial charge in [-0.15, -0.1) is 11.3 Å². The lowest BCUT2D eigenvalue weighted by Gasteiger charge is -2.08. The minimum atomic E-state index is -4.07. The van der Waals surface area contributed by atoms with E-state index in [0.29, 0.717) is 27.4 Å². The van der Waals surface area contributed by atoms with Crippen LogP contribution in [0.25, 0.3) is 0 Å². The van der Waals surface area contributed by atoms with E-state index >= 15 is 0 Å². The molecule has 4 rings (SSSR count). The first kappa shape index (κ1) is 18.8. The molecule has 1 aromatic carbocycles. The summed E-state index contributed by atoms with van der Waals surface area (Å²) in [7, 11) is -4.07. The third kappa shape index (κ3) is 3.45. The van der Waals surface area contributed by atoms with Gasteiger partial charge in [0.25, 0.3) is 21.8 Å². The minimum Gasteiger partial charge on any atom is -0.454 e. The van der Waals surface area contributed by atoms with Crippen molar-refractivity contribution in [1.29, 1.82) is 0 Å². The number of amides is 1. The Kier molecular flexibility index (Phi) is 4.77. The molecule has 1 amide bonds. The lowest BCUT2D eigenvalue weighted by atomic mass is 10.2. The number of halogens is 1. The summed E-state index contributed by atoms with van der Waals surface area (Å²) in [5.74, 6) is 0.450. The molecular formula is C16H12BrN3O6S2.